The number of hydrogen-bond donors (Lipinski definition) is 2. The molecule has 0 saturated heterocycles. The Labute approximate surface area is 161 Å². The lowest BCUT2D eigenvalue weighted by Gasteiger charge is -2.27. The van der Waals surface area contributed by atoms with Gasteiger partial charge in [-0.15, -0.1) is 4.72 Å². The molecule has 27 heavy (non-hydrogen) atoms. The van der Waals surface area contributed by atoms with Gasteiger partial charge in [0.15, 0.2) is 0 Å². The summed E-state index contributed by atoms with van der Waals surface area (Å²) in [4.78, 5) is 15.4. The molecule has 8 heteroatoms. The highest BCUT2D eigenvalue weighted by atomic mass is 32.2. The number of ether oxygens (including phenoxy) is 1. The van der Waals surface area contributed by atoms with Crippen molar-refractivity contribution >= 4 is 17.3 Å². The number of aromatic nitrogens is 1. The average molecular weight is 394 g/mol. The number of aliphatic carboxylic acids is 1. The van der Waals surface area contributed by atoms with E-state index in [9.17, 15) is 18.8 Å². The molecule has 0 bridgehead atoms. The lowest BCUT2D eigenvalue weighted by atomic mass is 10.0. The number of nitrogens with one attached hydrogen (secondary N) is 1. The maximum absolute atomic E-state index is 14.4. The monoisotopic (exact) mass is 394 g/mol. The molecule has 0 fully saturated rings. The predicted octanol–water partition coefficient (Wildman–Crippen LogP) is 3.89. The molecule has 0 amide bonds. The first-order valence-electron chi connectivity index (χ1n) is 8.36. The van der Waals surface area contributed by atoms with Crippen LogP contribution >= 0.6 is 0 Å². The fraction of sp³-hybridized carbons (Fsp3) is 0.368. The number of carboxylic acids is 1. The summed E-state index contributed by atoms with van der Waals surface area (Å²) < 4.78 is 34.6. The minimum atomic E-state index is -1.57. The van der Waals surface area contributed by atoms with Crippen LogP contribution < -0.4 is 9.46 Å². The summed E-state index contributed by atoms with van der Waals surface area (Å²) in [5.41, 5.74) is 0.907. The van der Waals surface area contributed by atoms with Gasteiger partial charge in [0, 0.05) is 22.6 Å². The van der Waals surface area contributed by atoms with E-state index in [4.69, 9.17) is 4.74 Å². The minimum absolute atomic E-state index is 0.0765. The fourth-order valence-corrected chi connectivity index (χ4v) is 3.02. The van der Waals surface area contributed by atoms with Crippen molar-refractivity contribution in [2.75, 3.05) is 0 Å². The zero-order chi connectivity index (χ0) is 20.2. The van der Waals surface area contributed by atoms with Crippen molar-refractivity contribution in [1.82, 2.24) is 9.71 Å². The lowest BCUT2D eigenvalue weighted by Crippen LogP contribution is -2.42. The Morgan fingerprint density at radius 3 is 2.56 bits per heavy atom. The van der Waals surface area contributed by atoms with Crippen LogP contribution in [-0.4, -0.2) is 25.4 Å². The van der Waals surface area contributed by atoms with Gasteiger partial charge in [0.1, 0.15) is 22.1 Å². The summed E-state index contributed by atoms with van der Waals surface area (Å²) >= 11 is -1.57. The van der Waals surface area contributed by atoms with E-state index in [1.807, 2.05) is 6.92 Å². The number of nitrogens with zero attached hydrogens (tertiary/aromatic N) is 1. The molecule has 0 aliphatic carbocycles. The quantitative estimate of drug-likeness (QED) is 0.692. The van der Waals surface area contributed by atoms with E-state index in [1.165, 1.54) is 18.2 Å². The van der Waals surface area contributed by atoms with Gasteiger partial charge in [-0.25, -0.2) is 4.39 Å². The maximum Gasteiger partial charge on any atom is 0.305 e. The van der Waals surface area contributed by atoms with Crippen LogP contribution in [-0.2, 0) is 16.2 Å². The zero-order valence-electron chi connectivity index (χ0n) is 15.7. The molecule has 6 nitrogen and oxygen atoms in total. The molecule has 1 heterocycles. The molecule has 1 aromatic heterocycles. The summed E-state index contributed by atoms with van der Waals surface area (Å²) in [6, 6.07) is 6.59. The van der Waals surface area contributed by atoms with Gasteiger partial charge in [0.05, 0.1) is 18.7 Å². The Hall–Kier alpha value is -2.16. The number of pyridine rings is 1. The molecule has 0 aliphatic rings. The Morgan fingerprint density at radius 1 is 1.33 bits per heavy atom. The predicted molar refractivity (Wildman–Crippen MR) is 101 cm³/mol. The molecule has 2 aromatic rings. The van der Waals surface area contributed by atoms with Crippen molar-refractivity contribution in [1.29, 1.82) is 0 Å². The molecular weight excluding hydrogens is 371 g/mol. The third kappa shape index (κ3) is 6.20. The van der Waals surface area contributed by atoms with Crippen LogP contribution in [0.5, 0.6) is 11.5 Å². The van der Waals surface area contributed by atoms with Crippen LogP contribution in [0.15, 0.2) is 36.5 Å². The molecule has 0 aliphatic heterocycles. The number of aryl methyl sites for hydroxylation is 1. The Balaban J connectivity index is 2.30. The zero-order valence-corrected chi connectivity index (χ0v) is 16.5. The van der Waals surface area contributed by atoms with E-state index in [0.717, 1.165) is 5.69 Å². The van der Waals surface area contributed by atoms with Crippen molar-refractivity contribution in [3.05, 3.63) is 53.6 Å². The molecule has 0 saturated carbocycles. The van der Waals surface area contributed by atoms with Crippen molar-refractivity contribution < 1.29 is 23.6 Å². The molecule has 2 atom stereocenters. The van der Waals surface area contributed by atoms with Crippen LogP contribution in [0.3, 0.4) is 0 Å². The summed E-state index contributed by atoms with van der Waals surface area (Å²) in [5.74, 6) is -0.934. The first-order valence-corrected chi connectivity index (χ1v) is 9.51. The van der Waals surface area contributed by atoms with Gasteiger partial charge in [-0.05, 0) is 58.0 Å². The average Bonchev–Trinajstić information content (AvgIpc) is 2.56. The minimum Gasteiger partial charge on any atom is -0.598 e. The highest BCUT2D eigenvalue weighted by Gasteiger charge is 2.32. The van der Waals surface area contributed by atoms with Crippen LogP contribution in [0, 0.1) is 12.7 Å². The molecule has 0 radical (unpaired) electrons. The van der Waals surface area contributed by atoms with E-state index in [0.29, 0.717) is 11.5 Å². The first kappa shape index (κ1) is 21.1. The third-order valence-electron chi connectivity index (χ3n) is 3.65. The van der Waals surface area contributed by atoms with Crippen molar-refractivity contribution in [2.24, 2.45) is 0 Å². The molecule has 0 spiro atoms. The Bertz CT molecular complexity index is 793. The summed E-state index contributed by atoms with van der Waals surface area (Å²) in [6.45, 7) is 7.08. The highest BCUT2D eigenvalue weighted by molar-refractivity contribution is 7.90. The molecule has 2 N–H and O–H groups in total. The number of halogens is 1. The second-order valence-electron chi connectivity index (χ2n) is 7.07. The highest BCUT2D eigenvalue weighted by Crippen LogP contribution is 2.29. The smallest absolute Gasteiger partial charge is 0.305 e. The van der Waals surface area contributed by atoms with Gasteiger partial charge in [-0.1, -0.05) is 0 Å². The van der Waals surface area contributed by atoms with Crippen LogP contribution in [0.25, 0.3) is 0 Å². The number of rotatable bonds is 7. The van der Waals surface area contributed by atoms with Crippen molar-refractivity contribution in [3.63, 3.8) is 0 Å². The SMILES string of the molecule is Cc1ccc(Oc2ccc(F)c([C@@H](CC(=O)O)N[S@@+]([O-])C(C)(C)C)c2)cn1. The first-order chi connectivity index (χ1) is 12.6. The largest absolute Gasteiger partial charge is 0.598 e. The standard InChI is InChI=1S/C19H23FN2O4S/c1-12-5-6-14(11-21-12)26-13-7-8-16(20)15(9-13)17(10-18(23)24)22-27(25)19(2,3)4/h5-9,11,17,22H,10H2,1-4H3,(H,23,24)/t17-,27+/m1/s1. The van der Waals surface area contributed by atoms with Gasteiger partial charge in [0.25, 0.3) is 0 Å². The van der Waals surface area contributed by atoms with E-state index in [-0.39, 0.29) is 5.56 Å². The Kier molecular flexibility index (Phi) is 6.80. The summed E-state index contributed by atoms with van der Waals surface area (Å²) in [7, 11) is 0. The second-order valence-corrected chi connectivity index (χ2v) is 9.07. The normalized spacial score (nSPS) is 13.9. The van der Waals surface area contributed by atoms with Crippen molar-refractivity contribution in [3.8, 4) is 11.5 Å². The second kappa shape index (κ2) is 8.69. The van der Waals surface area contributed by atoms with E-state index in [2.05, 4.69) is 9.71 Å². The lowest BCUT2D eigenvalue weighted by molar-refractivity contribution is -0.137. The van der Waals surface area contributed by atoms with E-state index >= 15 is 0 Å². The molecular formula is C19H23FN2O4S. The topological polar surface area (TPSA) is 94.5 Å². The van der Waals surface area contributed by atoms with E-state index in [1.54, 1.807) is 39.1 Å². The number of carboxylic acid groups (broad SMARTS) is 1. The van der Waals surface area contributed by atoms with Gasteiger partial charge in [0.2, 0.25) is 0 Å². The molecule has 146 valence electrons. The van der Waals surface area contributed by atoms with Crippen LogP contribution in [0.2, 0.25) is 0 Å². The number of benzene rings is 1. The van der Waals surface area contributed by atoms with Crippen molar-refractivity contribution in [2.45, 2.75) is 44.9 Å². The maximum atomic E-state index is 14.4. The van der Waals surface area contributed by atoms with E-state index < -0.39 is 40.4 Å². The molecule has 2 rings (SSSR count). The third-order valence-corrected chi connectivity index (χ3v) is 5.26. The molecule has 1 aromatic carbocycles. The summed E-state index contributed by atoms with van der Waals surface area (Å²) in [5, 5.41) is 9.18. The Morgan fingerprint density at radius 2 is 2.00 bits per heavy atom. The van der Waals surface area contributed by atoms with Crippen LogP contribution in [0.1, 0.15) is 44.5 Å². The summed E-state index contributed by atoms with van der Waals surface area (Å²) in [6.07, 6.45) is 1.12. The van der Waals surface area contributed by atoms with Gasteiger partial charge < -0.3 is 14.4 Å². The molecule has 0 unspecified atom stereocenters. The number of hydrogen-bond acceptors (Lipinski definition) is 5. The van der Waals surface area contributed by atoms with Crippen LogP contribution in [0.4, 0.5) is 4.39 Å². The number of carbonyl (C=O) groups is 1. The fourth-order valence-electron chi connectivity index (χ4n) is 2.20. The van der Waals surface area contributed by atoms with Gasteiger partial charge >= 0.3 is 5.97 Å². The van der Waals surface area contributed by atoms with Gasteiger partial charge in [-0.3, -0.25) is 9.78 Å². The van der Waals surface area contributed by atoms with Gasteiger partial charge in [-0.2, -0.15) is 0 Å².